The van der Waals surface area contributed by atoms with Gasteiger partial charge in [0.1, 0.15) is 5.75 Å². The molecule has 0 spiro atoms. The maximum absolute atomic E-state index is 13.5. The molecule has 1 heterocycles. The van der Waals surface area contributed by atoms with Gasteiger partial charge in [-0.1, -0.05) is 75.4 Å². The molecule has 4 rings (SSSR count). The first-order chi connectivity index (χ1) is 16.3. The van der Waals surface area contributed by atoms with Gasteiger partial charge in [0.15, 0.2) is 0 Å². The highest BCUT2D eigenvalue weighted by atomic mass is 16.5. The number of fused-ring (bicyclic) bond motifs is 1. The fourth-order valence-electron chi connectivity index (χ4n) is 4.09. The predicted molar refractivity (Wildman–Crippen MR) is 139 cm³/mol. The van der Waals surface area contributed by atoms with Crippen LogP contribution < -0.4 is 10.1 Å². The third-order valence-corrected chi connectivity index (χ3v) is 6.05. The number of nitrogens with zero attached hydrogens (tertiary/aromatic N) is 1. The lowest BCUT2D eigenvalue weighted by atomic mass is 9.86. The fraction of sp³-hybridized carbons (Fsp3) is 0.267. The molecule has 4 aromatic rings. The molecule has 0 saturated heterocycles. The molecule has 4 nitrogen and oxygen atoms in total. The lowest BCUT2D eigenvalue weighted by Crippen LogP contribution is -2.27. The third kappa shape index (κ3) is 4.96. The van der Waals surface area contributed by atoms with Crippen molar-refractivity contribution >= 4 is 16.8 Å². The van der Waals surface area contributed by atoms with E-state index in [0.717, 1.165) is 33.5 Å². The first kappa shape index (κ1) is 23.5. The molecule has 0 aliphatic rings. The minimum Gasteiger partial charge on any atom is -0.493 e. The van der Waals surface area contributed by atoms with Crippen LogP contribution in [0.25, 0.3) is 22.2 Å². The average Bonchev–Trinajstić information content (AvgIpc) is 2.83. The van der Waals surface area contributed by atoms with Crippen LogP contribution in [0, 0.1) is 0 Å². The van der Waals surface area contributed by atoms with Gasteiger partial charge >= 0.3 is 0 Å². The number of pyridine rings is 1. The molecule has 1 N–H and O–H groups in total. The maximum Gasteiger partial charge on any atom is 0.252 e. The van der Waals surface area contributed by atoms with Gasteiger partial charge in [-0.25, -0.2) is 4.98 Å². The zero-order chi connectivity index (χ0) is 24.3. The van der Waals surface area contributed by atoms with Crippen molar-refractivity contribution in [2.75, 3.05) is 6.61 Å². The van der Waals surface area contributed by atoms with Crippen LogP contribution in [0.5, 0.6) is 5.75 Å². The lowest BCUT2D eigenvalue weighted by Gasteiger charge is -2.21. The highest BCUT2D eigenvalue weighted by molar-refractivity contribution is 6.07. The molecule has 0 unspecified atom stereocenters. The number of ether oxygens (including phenoxy) is 1. The van der Waals surface area contributed by atoms with Crippen molar-refractivity contribution in [2.24, 2.45) is 0 Å². The summed E-state index contributed by atoms with van der Waals surface area (Å²) < 4.78 is 5.82. The molecule has 0 bridgehead atoms. The summed E-state index contributed by atoms with van der Waals surface area (Å²) in [5.41, 5.74) is 5.40. The van der Waals surface area contributed by atoms with Gasteiger partial charge in [0.2, 0.25) is 0 Å². The number of carbonyl (C=O) groups excluding carboxylic acids is 1. The van der Waals surface area contributed by atoms with Crippen molar-refractivity contribution in [1.82, 2.24) is 10.3 Å². The zero-order valence-corrected chi connectivity index (χ0v) is 20.6. The minimum absolute atomic E-state index is 0.0924. The van der Waals surface area contributed by atoms with Crippen molar-refractivity contribution in [1.29, 1.82) is 0 Å². The third-order valence-electron chi connectivity index (χ3n) is 6.05. The van der Waals surface area contributed by atoms with Crippen molar-refractivity contribution in [3.8, 4) is 17.0 Å². The van der Waals surface area contributed by atoms with Gasteiger partial charge < -0.3 is 10.1 Å². The highest BCUT2D eigenvalue weighted by Gasteiger charge is 2.19. The summed E-state index contributed by atoms with van der Waals surface area (Å²) >= 11 is 0. The van der Waals surface area contributed by atoms with E-state index in [9.17, 15) is 4.79 Å². The smallest absolute Gasteiger partial charge is 0.252 e. The van der Waals surface area contributed by atoms with Gasteiger partial charge in [0.05, 0.1) is 29.4 Å². The molecule has 3 aromatic carbocycles. The monoisotopic (exact) mass is 452 g/mol. The Bertz CT molecular complexity index is 1300. The van der Waals surface area contributed by atoms with Gasteiger partial charge in [-0.3, -0.25) is 4.79 Å². The van der Waals surface area contributed by atoms with Crippen molar-refractivity contribution in [3.05, 3.63) is 95.6 Å². The molecule has 0 fully saturated rings. The lowest BCUT2D eigenvalue weighted by molar-refractivity contribution is 0.0941. The molecule has 1 atom stereocenters. The largest absolute Gasteiger partial charge is 0.493 e. The number of nitrogens with one attached hydrogen (secondary N) is 1. The quantitative estimate of drug-likeness (QED) is 0.340. The van der Waals surface area contributed by atoms with Crippen LogP contribution in [0.2, 0.25) is 0 Å². The van der Waals surface area contributed by atoms with Crippen LogP contribution in [0.3, 0.4) is 0 Å². The summed E-state index contributed by atoms with van der Waals surface area (Å²) in [4.78, 5) is 18.3. The van der Waals surface area contributed by atoms with Crippen LogP contribution in [0.15, 0.2) is 78.9 Å². The average molecular weight is 453 g/mol. The topological polar surface area (TPSA) is 51.2 Å². The summed E-state index contributed by atoms with van der Waals surface area (Å²) in [6, 6.07) is 25.8. The van der Waals surface area contributed by atoms with Gasteiger partial charge in [-0.05, 0) is 54.7 Å². The molecular weight excluding hydrogens is 420 g/mol. The molecule has 34 heavy (non-hydrogen) atoms. The van der Waals surface area contributed by atoms with Crippen molar-refractivity contribution in [2.45, 2.75) is 46.1 Å². The van der Waals surface area contributed by atoms with Crippen molar-refractivity contribution < 1.29 is 9.53 Å². The summed E-state index contributed by atoms with van der Waals surface area (Å²) in [6.07, 6.45) is 0. The fourth-order valence-corrected chi connectivity index (χ4v) is 4.09. The van der Waals surface area contributed by atoms with E-state index < -0.39 is 0 Å². The van der Waals surface area contributed by atoms with E-state index in [0.29, 0.717) is 12.2 Å². The molecule has 174 valence electrons. The Morgan fingerprint density at radius 3 is 2.35 bits per heavy atom. The number of hydrogen-bond donors (Lipinski definition) is 1. The maximum atomic E-state index is 13.5. The van der Waals surface area contributed by atoms with E-state index in [1.807, 2.05) is 68.4 Å². The number of hydrogen-bond acceptors (Lipinski definition) is 3. The van der Waals surface area contributed by atoms with Gasteiger partial charge in [-0.15, -0.1) is 0 Å². The summed E-state index contributed by atoms with van der Waals surface area (Å²) in [5.74, 6) is 0.632. The molecule has 4 heteroatoms. The van der Waals surface area contributed by atoms with Crippen LogP contribution in [0.4, 0.5) is 0 Å². The number of carbonyl (C=O) groups is 1. The molecule has 0 aliphatic carbocycles. The van der Waals surface area contributed by atoms with Crippen LogP contribution in [-0.2, 0) is 5.41 Å². The summed E-state index contributed by atoms with van der Waals surface area (Å²) in [6.45, 7) is 11.1. The van der Waals surface area contributed by atoms with E-state index in [1.165, 1.54) is 5.56 Å². The second kappa shape index (κ2) is 9.68. The molecule has 0 radical (unpaired) electrons. The van der Waals surface area contributed by atoms with E-state index in [2.05, 4.69) is 50.4 Å². The zero-order valence-electron chi connectivity index (χ0n) is 20.6. The SMILES string of the molecule is CCOc1ccccc1-c1cc(C(=O)N[C@H](C)c2ccc(C(C)(C)C)cc2)c2ccccc2n1. The van der Waals surface area contributed by atoms with E-state index in [1.54, 1.807) is 0 Å². The first-order valence-corrected chi connectivity index (χ1v) is 11.8. The Kier molecular flexibility index (Phi) is 6.69. The normalized spacial score (nSPS) is 12.4. The number of aromatic nitrogens is 1. The van der Waals surface area contributed by atoms with Crippen LogP contribution in [0.1, 0.15) is 62.1 Å². The van der Waals surface area contributed by atoms with Crippen molar-refractivity contribution in [3.63, 3.8) is 0 Å². The van der Waals surface area contributed by atoms with E-state index >= 15 is 0 Å². The summed E-state index contributed by atoms with van der Waals surface area (Å²) in [5, 5.41) is 4.01. The molecule has 0 saturated carbocycles. The minimum atomic E-state index is -0.132. The number of amides is 1. The van der Waals surface area contributed by atoms with E-state index in [4.69, 9.17) is 9.72 Å². The number of para-hydroxylation sites is 2. The van der Waals surface area contributed by atoms with Gasteiger partial charge in [0, 0.05) is 10.9 Å². The molecule has 1 aromatic heterocycles. The number of benzene rings is 3. The summed E-state index contributed by atoms with van der Waals surface area (Å²) in [7, 11) is 0. The Labute approximate surface area is 202 Å². The first-order valence-electron chi connectivity index (χ1n) is 11.8. The standard InChI is InChI=1S/C30H32N2O2/c1-6-34-28-14-10-8-12-24(28)27-19-25(23-11-7-9-13-26(23)32-27)29(33)31-20(2)21-15-17-22(18-16-21)30(3,4)5/h7-20H,6H2,1-5H3,(H,31,33)/t20-/m1/s1. The molecular formula is C30H32N2O2. The molecule has 1 amide bonds. The predicted octanol–water partition coefficient (Wildman–Crippen LogP) is 7.09. The van der Waals surface area contributed by atoms with Gasteiger partial charge in [-0.2, -0.15) is 0 Å². The van der Waals surface area contributed by atoms with Gasteiger partial charge in [0.25, 0.3) is 5.91 Å². The Morgan fingerprint density at radius 1 is 0.971 bits per heavy atom. The Balaban J connectivity index is 1.69. The number of rotatable bonds is 6. The van der Waals surface area contributed by atoms with E-state index in [-0.39, 0.29) is 17.4 Å². The Morgan fingerprint density at radius 2 is 1.65 bits per heavy atom. The van der Waals surface area contributed by atoms with Crippen LogP contribution >= 0.6 is 0 Å². The van der Waals surface area contributed by atoms with Crippen LogP contribution in [-0.4, -0.2) is 17.5 Å². The Hall–Kier alpha value is -3.66. The second-order valence-corrected chi connectivity index (χ2v) is 9.57. The second-order valence-electron chi connectivity index (χ2n) is 9.57. The molecule has 0 aliphatic heterocycles. The highest BCUT2D eigenvalue weighted by Crippen LogP contribution is 2.32.